The maximum absolute atomic E-state index is 13.5. The van der Waals surface area contributed by atoms with E-state index in [4.69, 9.17) is 14.0 Å². The highest BCUT2D eigenvalue weighted by atomic mass is 79.9. The number of hydrogen-bond donors (Lipinski definition) is 0. The van der Waals surface area contributed by atoms with Crippen molar-refractivity contribution in [2.75, 3.05) is 20.8 Å². The van der Waals surface area contributed by atoms with E-state index < -0.39 is 0 Å². The number of ether oxygens (including phenoxy) is 2. The van der Waals surface area contributed by atoms with Crippen molar-refractivity contribution in [2.45, 2.75) is 18.9 Å². The zero-order valence-electron chi connectivity index (χ0n) is 16.4. The quantitative estimate of drug-likeness (QED) is 0.532. The van der Waals surface area contributed by atoms with Crippen molar-refractivity contribution in [1.82, 2.24) is 15.0 Å². The normalized spacial score (nSPS) is 16.2. The Balaban J connectivity index is 1.49. The highest BCUT2D eigenvalue weighted by Crippen LogP contribution is 2.32. The molecule has 1 aliphatic heterocycles. The molecule has 0 radical (unpaired) electrons. The molecule has 4 rings (SSSR count). The van der Waals surface area contributed by atoms with Crippen LogP contribution >= 0.6 is 15.9 Å². The summed E-state index contributed by atoms with van der Waals surface area (Å²) in [7, 11) is 3.17. The Hall–Kier alpha value is -2.94. The van der Waals surface area contributed by atoms with E-state index in [9.17, 15) is 9.18 Å². The molecule has 30 heavy (non-hydrogen) atoms. The minimum Gasteiger partial charge on any atom is -0.497 e. The number of nitrogens with zero attached hydrogens (tertiary/aromatic N) is 3. The highest BCUT2D eigenvalue weighted by Gasteiger charge is 2.34. The van der Waals surface area contributed by atoms with Crippen LogP contribution in [0, 0.1) is 5.82 Å². The fraction of sp³-hybridized carbons (Fsp3) is 0.286. The molecule has 156 valence electrons. The predicted octanol–water partition coefficient (Wildman–Crippen LogP) is 4.17. The van der Waals surface area contributed by atoms with Crippen molar-refractivity contribution in [3.8, 4) is 22.9 Å². The SMILES string of the molecule is COc1ccc(CN2CC(c3nc(-c4ccc(F)c(Br)c4)no3)CC2=O)c(OC)c1. The van der Waals surface area contributed by atoms with Crippen molar-refractivity contribution in [3.05, 3.63) is 58.1 Å². The number of rotatable bonds is 6. The summed E-state index contributed by atoms with van der Waals surface area (Å²) < 4.78 is 29.8. The number of carbonyl (C=O) groups excluding carboxylic acids is 1. The summed E-state index contributed by atoms with van der Waals surface area (Å²) in [6, 6.07) is 10.0. The Labute approximate surface area is 180 Å². The van der Waals surface area contributed by atoms with Gasteiger partial charge in [0.2, 0.25) is 17.6 Å². The first-order chi connectivity index (χ1) is 14.5. The van der Waals surface area contributed by atoms with Crippen LogP contribution in [0.5, 0.6) is 11.5 Å². The molecule has 1 atom stereocenters. The van der Waals surface area contributed by atoms with Crippen LogP contribution in [0.2, 0.25) is 0 Å². The van der Waals surface area contributed by atoms with Crippen LogP contribution in [0.4, 0.5) is 4.39 Å². The number of benzene rings is 2. The van der Waals surface area contributed by atoms with E-state index in [1.165, 1.54) is 6.07 Å². The van der Waals surface area contributed by atoms with E-state index in [1.807, 2.05) is 12.1 Å². The van der Waals surface area contributed by atoms with Gasteiger partial charge in [-0.05, 0) is 46.3 Å². The first-order valence-corrected chi connectivity index (χ1v) is 10.1. The van der Waals surface area contributed by atoms with Crippen LogP contribution in [0.25, 0.3) is 11.4 Å². The molecular formula is C21H19BrFN3O4. The van der Waals surface area contributed by atoms with E-state index >= 15 is 0 Å². The average molecular weight is 476 g/mol. The molecule has 2 heterocycles. The zero-order valence-corrected chi connectivity index (χ0v) is 18.0. The molecule has 1 aliphatic rings. The summed E-state index contributed by atoms with van der Waals surface area (Å²) in [5.41, 5.74) is 1.51. The molecule has 0 aliphatic carbocycles. The third-order valence-corrected chi connectivity index (χ3v) is 5.65. The molecule has 1 unspecified atom stereocenters. The monoisotopic (exact) mass is 475 g/mol. The van der Waals surface area contributed by atoms with Crippen LogP contribution in [0.1, 0.15) is 23.8 Å². The summed E-state index contributed by atoms with van der Waals surface area (Å²) in [6.45, 7) is 0.872. The van der Waals surface area contributed by atoms with Crippen molar-refractivity contribution in [2.24, 2.45) is 0 Å². The molecule has 0 bridgehead atoms. The molecule has 1 fully saturated rings. The van der Waals surface area contributed by atoms with Crippen LogP contribution in [-0.4, -0.2) is 41.7 Å². The molecule has 0 N–H and O–H groups in total. The van der Waals surface area contributed by atoms with E-state index in [-0.39, 0.29) is 24.1 Å². The van der Waals surface area contributed by atoms with Crippen LogP contribution in [0.15, 0.2) is 45.4 Å². The minimum absolute atomic E-state index is 0.00199. The predicted molar refractivity (Wildman–Crippen MR) is 110 cm³/mol. The average Bonchev–Trinajstić information content (AvgIpc) is 3.37. The second kappa shape index (κ2) is 8.43. The lowest BCUT2D eigenvalue weighted by Crippen LogP contribution is -2.24. The number of halogens is 2. The van der Waals surface area contributed by atoms with Gasteiger partial charge >= 0.3 is 0 Å². The van der Waals surface area contributed by atoms with Gasteiger partial charge in [-0.1, -0.05) is 5.16 Å². The van der Waals surface area contributed by atoms with E-state index in [0.29, 0.717) is 46.3 Å². The summed E-state index contributed by atoms with van der Waals surface area (Å²) in [5, 5.41) is 3.99. The number of methoxy groups -OCH3 is 2. The van der Waals surface area contributed by atoms with Gasteiger partial charge in [-0.15, -0.1) is 0 Å². The van der Waals surface area contributed by atoms with Crippen LogP contribution in [-0.2, 0) is 11.3 Å². The first-order valence-electron chi connectivity index (χ1n) is 9.26. The van der Waals surface area contributed by atoms with E-state index in [2.05, 4.69) is 26.1 Å². The Morgan fingerprint density at radius 3 is 2.80 bits per heavy atom. The molecule has 1 saturated heterocycles. The molecular weight excluding hydrogens is 457 g/mol. The van der Waals surface area contributed by atoms with Gasteiger partial charge in [0, 0.05) is 36.7 Å². The van der Waals surface area contributed by atoms with Crippen molar-refractivity contribution < 1.29 is 23.2 Å². The number of aromatic nitrogens is 2. The fourth-order valence-electron chi connectivity index (χ4n) is 3.43. The molecule has 1 amide bonds. The Bertz CT molecular complexity index is 1090. The van der Waals surface area contributed by atoms with Crippen LogP contribution in [0.3, 0.4) is 0 Å². The summed E-state index contributed by atoms with van der Waals surface area (Å²) in [4.78, 5) is 18.7. The van der Waals surface area contributed by atoms with Crippen molar-refractivity contribution in [1.29, 1.82) is 0 Å². The van der Waals surface area contributed by atoms with E-state index in [0.717, 1.165) is 5.56 Å². The second-order valence-electron chi connectivity index (χ2n) is 6.94. The maximum atomic E-state index is 13.5. The van der Waals surface area contributed by atoms with Gasteiger partial charge in [0.1, 0.15) is 17.3 Å². The Morgan fingerprint density at radius 2 is 2.07 bits per heavy atom. The van der Waals surface area contributed by atoms with Crippen LogP contribution < -0.4 is 9.47 Å². The summed E-state index contributed by atoms with van der Waals surface area (Å²) in [5.74, 6) is 1.53. The molecule has 1 aromatic heterocycles. The lowest BCUT2D eigenvalue weighted by molar-refractivity contribution is -0.128. The fourth-order valence-corrected chi connectivity index (χ4v) is 3.81. The Morgan fingerprint density at radius 1 is 1.23 bits per heavy atom. The van der Waals surface area contributed by atoms with Gasteiger partial charge in [-0.3, -0.25) is 4.79 Å². The molecule has 0 spiro atoms. The largest absolute Gasteiger partial charge is 0.497 e. The van der Waals surface area contributed by atoms with E-state index in [1.54, 1.807) is 37.3 Å². The molecule has 3 aromatic rings. The van der Waals surface area contributed by atoms with Gasteiger partial charge in [0.15, 0.2) is 0 Å². The Kier molecular flexibility index (Phi) is 5.72. The molecule has 7 nitrogen and oxygen atoms in total. The van der Waals surface area contributed by atoms with Crippen molar-refractivity contribution >= 4 is 21.8 Å². The second-order valence-corrected chi connectivity index (χ2v) is 7.79. The topological polar surface area (TPSA) is 77.7 Å². The van der Waals surface area contributed by atoms with Gasteiger partial charge < -0.3 is 18.9 Å². The minimum atomic E-state index is -0.367. The number of hydrogen-bond acceptors (Lipinski definition) is 6. The number of carbonyl (C=O) groups is 1. The van der Waals surface area contributed by atoms with Gasteiger partial charge in [0.25, 0.3) is 0 Å². The van der Waals surface area contributed by atoms with Gasteiger partial charge in [0.05, 0.1) is 24.6 Å². The third kappa shape index (κ3) is 4.02. The molecule has 0 saturated carbocycles. The van der Waals surface area contributed by atoms with Gasteiger partial charge in [-0.2, -0.15) is 4.98 Å². The molecule has 9 heteroatoms. The number of likely N-dealkylation sites (tertiary alicyclic amines) is 1. The smallest absolute Gasteiger partial charge is 0.232 e. The summed E-state index contributed by atoms with van der Waals surface area (Å²) >= 11 is 3.15. The first kappa shape index (κ1) is 20.3. The van der Waals surface area contributed by atoms with Gasteiger partial charge in [-0.25, -0.2) is 4.39 Å². The third-order valence-electron chi connectivity index (χ3n) is 5.04. The maximum Gasteiger partial charge on any atom is 0.232 e. The summed E-state index contributed by atoms with van der Waals surface area (Å²) in [6.07, 6.45) is 0.285. The van der Waals surface area contributed by atoms with Crippen molar-refractivity contribution in [3.63, 3.8) is 0 Å². The lowest BCUT2D eigenvalue weighted by atomic mass is 10.1. The standard InChI is InChI=1S/C21H19BrFN3O4/c1-28-15-5-3-13(18(9-15)29-2)10-26-11-14(8-19(26)27)21-24-20(25-30-21)12-4-6-17(23)16(22)7-12/h3-7,9,14H,8,10-11H2,1-2H3. The zero-order chi connectivity index (χ0) is 21.3. The highest BCUT2D eigenvalue weighted by molar-refractivity contribution is 9.10. The lowest BCUT2D eigenvalue weighted by Gasteiger charge is -2.18. The molecule has 2 aromatic carbocycles. The number of amides is 1.